The number of alkyl halides is 3. The fraction of sp³-hybridized carbons (Fsp3) is 0.0769. The molecule has 7 heteroatoms. The van der Waals surface area contributed by atoms with Gasteiger partial charge in [-0.15, -0.1) is 0 Å². The van der Waals surface area contributed by atoms with Crippen LogP contribution in [0.3, 0.4) is 0 Å². The van der Waals surface area contributed by atoms with Crippen molar-refractivity contribution in [2.24, 2.45) is 0 Å². The maximum absolute atomic E-state index is 12.4. The van der Waals surface area contributed by atoms with Gasteiger partial charge in [0.05, 0.1) is 5.69 Å². The standard InChI is InChI=1S/C13H9F3NO2S/c14-13(15,16)20(18,19)17-12-9-5-4-8-11(12)10-6-2-1-3-7-10/h2-9,17H. The van der Waals surface area contributed by atoms with Crippen LogP contribution in [0, 0.1) is 6.07 Å². The maximum atomic E-state index is 12.4. The molecule has 2 aromatic rings. The van der Waals surface area contributed by atoms with Gasteiger partial charge in [-0.2, -0.15) is 21.6 Å². The summed E-state index contributed by atoms with van der Waals surface area (Å²) < 4.78 is 61.1. The van der Waals surface area contributed by atoms with Gasteiger partial charge in [0.1, 0.15) is 0 Å². The molecular formula is C13H9F3NO2S. The summed E-state index contributed by atoms with van der Waals surface area (Å²) in [5, 5.41) is 0. The summed E-state index contributed by atoms with van der Waals surface area (Å²) in [6.45, 7) is 0. The Morgan fingerprint density at radius 1 is 1.00 bits per heavy atom. The molecule has 0 saturated heterocycles. The molecule has 0 heterocycles. The van der Waals surface area contributed by atoms with Crippen molar-refractivity contribution in [1.82, 2.24) is 0 Å². The van der Waals surface area contributed by atoms with E-state index in [1.165, 1.54) is 18.2 Å². The van der Waals surface area contributed by atoms with Gasteiger partial charge in [0.25, 0.3) is 0 Å². The van der Waals surface area contributed by atoms with Gasteiger partial charge >= 0.3 is 15.5 Å². The molecule has 2 aromatic carbocycles. The highest BCUT2D eigenvalue weighted by Gasteiger charge is 2.46. The van der Waals surface area contributed by atoms with Crippen LogP contribution >= 0.6 is 0 Å². The molecule has 0 spiro atoms. The van der Waals surface area contributed by atoms with Crippen LogP contribution in [-0.2, 0) is 10.0 Å². The molecule has 0 unspecified atom stereocenters. The number of hydrogen-bond donors (Lipinski definition) is 1. The number of rotatable bonds is 3. The van der Waals surface area contributed by atoms with Crippen LogP contribution in [0.2, 0.25) is 0 Å². The average molecular weight is 300 g/mol. The smallest absolute Gasteiger partial charge is 0.275 e. The number of benzene rings is 2. The number of nitrogens with one attached hydrogen (secondary N) is 1. The van der Waals surface area contributed by atoms with E-state index in [0.717, 1.165) is 0 Å². The number of anilines is 1. The van der Waals surface area contributed by atoms with Crippen molar-refractivity contribution in [3.05, 3.63) is 54.6 Å². The number of hydrogen-bond acceptors (Lipinski definition) is 2. The van der Waals surface area contributed by atoms with Crippen LogP contribution in [0.1, 0.15) is 0 Å². The van der Waals surface area contributed by atoms with E-state index in [0.29, 0.717) is 11.1 Å². The van der Waals surface area contributed by atoms with Crippen molar-refractivity contribution in [3.63, 3.8) is 0 Å². The molecule has 0 aromatic heterocycles. The van der Waals surface area contributed by atoms with E-state index in [1.54, 1.807) is 35.1 Å². The third-order valence-corrected chi connectivity index (χ3v) is 3.60. The second kappa shape index (κ2) is 5.16. The van der Waals surface area contributed by atoms with Gasteiger partial charge in [-0.1, -0.05) is 42.5 Å². The van der Waals surface area contributed by atoms with Crippen molar-refractivity contribution >= 4 is 15.7 Å². The minimum Gasteiger partial charge on any atom is -0.275 e. The van der Waals surface area contributed by atoms with Gasteiger partial charge in [-0.25, -0.2) is 0 Å². The molecule has 0 aliphatic heterocycles. The topological polar surface area (TPSA) is 46.2 Å². The summed E-state index contributed by atoms with van der Waals surface area (Å²) in [7, 11) is -5.44. The quantitative estimate of drug-likeness (QED) is 0.944. The monoisotopic (exact) mass is 300 g/mol. The molecular weight excluding hydrogens is 291 g/mol. The molecule has 20 heavy (non-hydrogen) atoms. The second-order valence-electron chi connectivity index (χ2n) is 3.89. The molecule has 0 amide bonds. The number of sulfonamides is 1. The largest absolute Gasteiger partial charge is 0.516 e. The first-order chi connectivity index (χ1) is 9.31. The SMILES string of the molecule is O=S(=O)(Nc1ccccc1-c1cc[c]cc1)C(F)(F)F. The van der Waals surface area contributed by atoms with E-state index in [9.17, 15) is 21.6 Å². The lowest BCUT2D eigenvalue weighted by Crippen LogP contribution is -2.30. The van der Waals surface area contributed by atoms with Gasteiger partial charge in [0, 0.05) is 5.56 Å². The van der Waals surface area contributed by atoms with Gasteiger partial charge in [0.15, 0.2) is 0 Å². The van der Waals surface area contributed by atoms with E-state index >= 15 is 0 Å². The Labute approximate surface area is 114 Å². The van der Waals surface area contributed by atoms with Crippen molar-refractivity contribution in [2.75, 3.05) is 4.72 Å². The fourth-order valence-electron chi connectivity index (χ4n) is 1.59. The lowest BCUT2D eigenvalue weighted by atomic mass is 10.0. The first-order valence-electron chi connectivity index (χ1n) is 5.46. The molecule has 105 valence electrons. The van der Waals surface area contributed by atoms with Crippen LogP contribution < -0.4 is 4.72 Å². The molecule has 3 nitrogen and oxygen atoms in total. The zero-order valence-corrected chi connectivity index (χ0v) is 10.8. The molecule has 0 atom stereocenters. The minimum absolute atomic E-state index is 0.129. The predicted octanol–water partition coefficient (Wildman–Crippen LogP) is 3.42. The van der Waals surface area contributed by atoms with Gasteiger partial charge in [-0.05, 0) is 17.7 Å². The summed E-state index contributed by atoms with van der Waals surface area (Å²) in [6, 6.07) is 15.1. The Morgan fingerprint density at radius 2 is 1.60 bits per heavy atom. The van der Waals surface area contributed by atoms with Crippen LogP contribution in [0.4, 0.5) is 18.9 Å². The molecule has 2 rings (SSSR count). The average Bonchev–Trinajstić information content (AvgIpc) is 2.38. The summed E-state index contributed by atoms with van der Waals surface area (Å²) in [5.41, 5.74) is -4.54. The lowest BCUT2D eigenvalue weighted by Gasteiger charge is -2.14. The van der Waals surface area contributed by atoms with Gasteiger partial charge in [0.2, 0.25) is 0 Å². The molecule has 1 N–H and O–H groups in total. The third kappa shape index (κ3) is 2.93. The van der Waals surface area contributed by atoms with E-state index in [2.05, 4.69) is 6.07 Å². The highest BCUT2D eigenvalue weighted by atomic mass is 32.2. The molecule has 0 bridgehead atoms. The first-order valence-corrected chi connectivity index (χ1v) is 6.94. The van der Waals surface area contributed by atoms with Crippen LogP contribution in [-0.4, -0.2) is 13.9 Å². The summed E-state index contributed by atoms with van der Waals surface area (Å²) in [5.74, 6) is 0. The second-order valence-corrected chi connectivity index (χ2v) is 5.56. The molecule has 0 aliphatic carbocycles. The van der Waals surface area contributed by atoms with Crippen LogP contribution in [0.5, 0.6) is 0 Å². The van der Waals surface area contributed by atoms with Crippen LogP contribution in [0.25, 0.3) is 11.1 Å². The van der Waals surface area contributed by atoms with Crippen molar-refractivity contribution in [3.8, 4) is 11.1 Å². The molecule has 1 radical (unpaired) electrons. The third-order valence-electron chi connectivity index (χ3n) is 2.51. The Kier molecular flexibility index (Phi) is 3.71. The number of para-hydroxylation sites is 1. The van der Waals surface area contributed by atoms with Crippen molar-refractivity contribution in [2.45, 2.75) is 5.51 Å². The normalized spacial score (nSPS) is 12.2. The van der Waals surface area contributed by atoms with E-state index in [1.807, 2.05) is 0 Å². The Balaban J connectivity index is 2.45. The zero-order valence-electron chi connectivity index (χ0n) is 9.98. The van der Waals surface area contributed by atoms with Gasteiger partial charge in [-0.3, -0.25) is 4.72 Å². The van der Waals surface area contributed by atoms with Crippen molar-refractivity contribution in [1.29, 1.82) is 0 Å². The summed E-state index contributed by atoms with van der Waals surface area (Å²) in [4.78, 5) is 0. The molecule has 0 aliphatic rings. The molecule has 0 fully saturated rings. The Bertz CT molecular complexity index is 697. The maximum Gasteiger partial charge on any atom is 0.516 e. The summed E-state index contributed by atoms with van der Waals surface area (Å²) in [6.07, 6.45) is 0. The fourth-order valence-corrected chi connectivity index (χ4v) is 2.18. The Hall–Kier alpha value is -2.02. The lowest BCUT2D eigenvalue weighted by molar-refractivity contribution is -0.0429. The highest BCUT2D eigenvalue weighted by Crippen LogP contribution is 2.31. The molecule has 0 saturated carbocycles. The number of halogens is 3. The van der Waals surface area contributed by atoms with Crippen LogP contribution in [0.15, 0.2) is 48.5 Å². The first kappa shape index (κ1) is 14.4. The van der Waals surface area contributed by atoms with Crippen molar-refractivity contribution < 1.29 is 21.6 Å². The summed E-state index contributed by atoms with van der Waals surface area (Å²) >= 11 is 0. The van der Waals surface area contributed by atoms with Gasteiger partial charge < -0.3 is 0 Å². The highest BCUT2D eigenvalue weighted by molar-refractivity contribution is 7.93. The minimum atomic E-state index is -5.44. The Morgan fingerprint density at radius 3 is 2.20 bits per heavy atom. The van der Waals surface area contributed by atoms with E-state index in [4.69, 9.17) is 0 Å². The van der Waals surface area contributed by atoms with E-state index in [-0.39, 0.29) is 5.69 Å². The predicted molar refractivity (Wildman–Crippen MR) is 69.3 cm³/mol. The van der Waals surface area contributed by atoms with E-state index < -0.39 is 15.5 Å². The zero-order chi connectivity index (χ0) is 14.8.